The molecular formula is C23H29N3O. The zero-order valence-electron chi connectivity index (χ0n) is 16.0. The number of aryl methyl sites for hydroxylation is 1. The van der Waals surface area contributed by atoms with Crippen LogP contribution < -0.4 is 10.6 Å². The molecule has 2 aliphatic heterocycles. The fourth-order valence-electron chi connectivity index (χ4n) is 4.74. The molecule has 0 saturated carbocycles. The largest absolute Gasteiger partial charge is 0.335 e. The fourth-order valence-corrected chi connectivity index (χ4v) is 4.74. The summed E-state index contributed by atoms with van der Waals surface area (Å²) in [6.45, 7) is 3.14. The van der Waals surface area contributed by atoms with Gasteiger partial charge in [0.15, 0.2) is 0 Å². The minimum absolute atomic E-state index is 0.0724. The monoisotopic (exact) mass is 363 g/mol. The maximum absolute atomic E-state index is 12.5. The van der Waals surface area contributed by atoms with E-state index in [0.29, 0.717) is 12.1 Å². The standard InChI is InChI=1S/C23H29N3O/c1-2-18-10-6-7-11-22(18)25-23(27)24-19-14-20-12-13-21(15-19)26(20)16-17-8-4-3-5-9-17/h3-11,19-21H,2,12-16H2,1H3,(H2,24,25,27)/t20-,21-/m1/s1. The molecule has 0 unspecified atom stereocenters. The Kier molecular flexibility index (Phi) is 5.44. The van der Waals surface area contributed by atoms with Gasteiger partial charge in [0.1, 0.15) is 0 Å². The summed E-state index contributed by atoms with van der Waals surface area (Å²) in [5.74, 6) is 0. The van der Waals surface area contributed by atoms with Crippen molar-refractivity contribution in [2.45, 2.75) is 63.7 Å². The number of hydrogen-bond acceptors (Lipinski definition) is 2. The van der Waals surface area contributed by atoms with Gasteiger partial charge in [-0.25, -0.2) is 4.79 Å². The summed E-state index contributed by atoms with van der Waals surface area (Å²) in [5, 5.41) is 6.27. The van der Waals surface area contributed by atoms with E-state index in [0.717, 1.165) is 31.5 Å². The molecule has 2 aromatic rings. The lowest BCUT2D eigenvalue weighted by Gasteiger charge is -2.39. The molecule has 2 heterocycles. The van der Waals surface area contributed by atoms with Crippen molar-refractivity contribution in [3.63, 3.8) is 0 Å². The average Bonchev–Trinajstić information content (AvgIpc) is 2.91. The number of piperidine rings is 1. The molecule has 0 spiro atoms. The second-order valence-corrected chi connectivity index (χ2v) is 7.82. The predicted molar refractivity (Wildman–Crippen MR) is 110 cm³/mol. The van der Waals surface area contributed by atoms with E-state index in [9.17, 15) is 4.79 Å². The molecule has 4 nitrogen and oxygen atoms in total. The van der Waals surface area contributed by atoms with Gasteiger partial charge in [-0.2, -0.15) is 0 Å². The van der Waals surface area contributed by atoms with Gasteiger partial charge in [0, 0.05) is 30.4 Å². The Labute approximate surface area is 162 Å². The second kappa shape index (κ2) is 8.13. The summed E-state index contributed by atoms with van der Waals surface area (Å²) in [5.41, 5.74) is 3.47. The Bertz CT molecular complexity index is 762. The van der Waals surface area contributed by atoms with Gasteiger partial charge in [-0.05, 0) is 49.3 Å². The van der Waals surface area contributed by atoms with Crippen LogP contribution in [0.2, 0.25) is 0 Å². The molecule has 0 aromatic heterocycles. The van der Waals surface area contributed by atoms with Crippen molar-refractivity contribution in [1.82, 2.24) is 10.2 Å². The van der Waals surface area contributed by atoms with Crippen LogP contribution in [-0.2, 0) is 13.0 Å². The highest BCUT2D eigenvalue weighted by molar-refractivity contribution is 5.90. The molecule has 2 aromatic carbocycles. The van der Waals surface area contributed by atoms with E-state index in [1.54, 1.807) is 0 Å². The Morgan fingerprint density at radius 1 is 1.00 bits per heavy atom. The quantitative estimate of drug-likeness (QED) is 0.817. The van der Waals surface area contributed by atoms with Crippen molar-refractivity contribution in [2.24, 2.45) is 0 Å². The third-order valence-corrected chi connectivity index (χ3v) is 6.07. The Morgan fingerprint density at radius 3 is 2.37 bits per heavy atom. The lowest BCUT2D eigenvalue weighted by atomic mass is 9.96. The number of rotatable bonds is 5. The molecule has 2 saturated heterocycles. The fraction of sp³-hybridized carbons (Fsp3) is 0.435. The molecule has 2 bridgehead atoms. The zero-order chi connectivity index (χ0) is 18.6. The first-order valence-corrected chi connectivity index (χ1v) is 10.2. The van der Waals surface area contributed by atoms with E-state index in [-0.39, 0.29) is 12.1 Å². The number of nitrogens with zero attached hydrogens (tertiary/aromatic N) is 1. The first kappa shape index (κ1) is 18.1. The number of carbonyl (C=O) groups excluding carboxylic acids is 1. The number of hydrogen-bond donors (Lipinski definition) is 2. The average molecular weight is 364 g/mol. The van der Waals surface area contributed by atoms with Crippen molar-refractivity contribution in [1.29, 1.82) is 0 Å². The lowest BCUT2D eigenvalue weighted by Crippen LogP contribution is -2.50. The molecule has 0 aliphatic carbocycles. The number of fused-ring (bicyclic) bond motifs is 2. The third kappa shape index (κ3) is 4.16. The van der Waals surface area contributed by atoms with Crippen molar-refractivity contribution in [3.05, 3.63) is 65.7 Å². The molecule has 0 radical (unpaired) electrons. The van der Waals surface area contributed by atoms with Gasteiger partial charge >= 0.3 is 6.03 Å². The summed E-state index contributed by atoms with van der Waals surface area (Å²) < 4.78 is 0. The zero-order valence-corrected chi connectivity index (χ0v) is 16.0. The topological polar surface area (TPSA) is 44.4 Å². The van der Waals surface area contributed by atoms with Crippen molar-refractivity contribution in [3.8, 4) is 0 Å². The number of nitrogens with one attached hydrogen (secondary N) is 2. The number of anilines is 1. The van der Waals surface area contributed by atoms with Crippen LogP contribution in [0.1, 0.15) is 43.7 Å². The summed E-state index contributed by atoms with van der Waals surface area (Å²) in [6.07, 6.45) is 5.50. The summed E-state index contributed by atoms with van der Waals surface area (Å²) in [4.78, 5) is 15.2. The second-order valence-electron chi connectivity index (χ2n) is 7.82. The van der Waals surface area contributed by atoms with Crippen LogP contribution in [0.25, 0.3) is 0 Å². The summed E-state index contributed by atoms with van der Waals surface area (Å²) >= 11 is 0. The van der Waals surface area contributed by atoms with E-state index in [2.05, 4.69) is 58.9 Å². The highest BCUT2D eigenvalue weighted by Crippen LogP contribution is 2.36. The highest BCUT2D eigenvalue weighted by atomic mass is 16.2. The van der Waals surface area contributed by atoms with Gasteiger partial charge < -0.3 is 10.6 Å². The minimum atomic E-state index is -0.0724. The molecule has 27 heavy (non-hydrogen) atoms. The number of para-hydroxylation sites is 1. The number of amides is 2. The van der Waals surface area contributed by atoms with Crippen LogP contribution in [0.4, 0.5) is 10.5 Å². The van der Waals surface area contributed by atoms with E-state index in [4.69, 9.17) is 0 Å². The van der Waals surface area contributed by atoms with E-state index >= 15 is 0 Å². The van der Waals surface area contributed by atoms with Gasteiger partial charge in [0.25, 0.3) is 0 Å². The van der Waals surface area contributed by atoms with E-state index in [1.165, 1.54) is 24.0 Å². The molecule has 142 valence electrons. The SMILES string of the molecule is CCc1ccccc1NC(=O)NC1C[C@H]2CC[C@H](C1)N2Cc1ccccc1. The molecule has 4 heteroatoms. The van der Waals surface area contributed by atoms with Gasteiger partial charge in [0.2, 0.25) is 0 Å². The summed E-state index contributed by atoms with van der Waals surface area (Å²) in [6, 6.07) is 20.1. The van der Waals surface area contributed by atoms with Crippen LogP contribution in [0.5, 0.6) is 0 Å². The third-order valence-electron chi connectivity index (χ3n) is 6.07. The first-order chi connectivity index (χ1) is 13.2. The first-order valence-electron chi connectivity index (χ1n) is 10.2. The van der Waals surface area contributed by atoms with Gasteiger partial charge in [-0.15, -0.1) is 0 Å². The normalized spacial score (nSPS) is 24.6. The Balaban J connectivity index is 1.34. The van der Waals surface area contributed by atoms with Crippen molar-refractivity contribution < 1.29 is 4.79 Å². The van der Waals surface area contributed by atoms with Gasteiger partial charge in [0.05, 0.1) is 0 Å². The van der Waals surface area contributed by atoms with E-state index < -0.39 is 0 Å². The smallest absolute Gasteiger partial charge is 0.319 e. The summed E-state index contributed by atoms with van der Waals surface area (Å²) in [7, 11) is 0. The van der Waals surface area contributed by atoms with Crippen LogP contribution in [0.3, 0.4) is 0 Å². The Hall–Kier alpha value is -2.33. The van der Waals surface area contributed by atoms with Crippen LogP contribution in [0, 0.1) is 0 Å². The van der Waals surface area contributed by atoms with Crippen LogP contribution in [-0.4, -0.2) is 29.1 Å². The molecule has 2 fully saturated rings. The molecule has 2 N–H and O–H groups in total. The highest BCUT2D eigenvalue weighted by Gasteiger charge is 2.40. The van der Waals surface area contributed by atoms with Crippen molar-refractivity contribution in [2.75, 3.05) is 5.32 Å². The van der Waals surface area contributed by atoms with Crippen LogP contribution >= 0.6 is 0 Å². The number of urea groups is 1. The predicted octanol–water partition coefficient (Wildman–Crippen LogP) is 4.57. The van der Waals surface area contributed by atoms with Gasteiger partial charge in [-0.3, -0.25) is 4.90 Å². The number of carbonyl (C=O) groups is 1. The lowest BCUT2D eigenvalue weighted by molar-refractivity contribution is 0.112. The maximum atomic E-state index is 12.5. The van der Waals surface area contributed by atoms with Crippen molar-refractivity contribution >= 4 is 11.7 Å². The maximum Gasteiger partial charge on any atom is 0.319 e. The van der Waals surface area contributed by atoms with Gasteiger partial charge in [-0.1, -0.05) is 55.5 Å². The minimum Gasteiger partial charge on any atom is -0.335 e. The number of benzene rings is 2. The molecule has 2 amide bonds. The molecule has 2 aliphatic rings. The Morgan fingerprint density at radius 2 is 1.67 bits per heavy atom. The molecular weight excluding hydrogens is 334 g/mol. The van der Waals surface area contributed by atoms with E-state index in [1.807, 2.05) is 18.2 Å². The molecule has 4 rings (SSSR count). The molecule has 2 atom stereocenters. The van der Waals surface area contributed by atoms with Crippen LogP contribution in [0.15, 0.2) is 54.6 Å².